The second-order valence-corrected chi connectivity index (χ2v) is 3.83. The van der Waals surface area contributed by atoms with E-state index in [1.165, 1.54) is 17.0 Å². The summed E-state index contributed by atoms with van der Waals surface area (Å²) in [4.78, 5) is 0. The Morgan fingerprint density at radius 3 is 2.67 bits per heavy atom. The van der Waals surface area contributed by atoms with E-state index >= 15 is 0 Å². The first-order chi connectivity index (χ1) is 7.16. The standard InChI is InChI=1S/C12H22N2O/c1-5-15-7-6-13-9-12-8-10(2)14(4)11(12)3/h8,13H,5-7,9H2,1-4H3. The van der Waals surface area contributed by atoms with Crippen molar-refractivity contribution in [2.24, 2.45) is 7.05 Å². The lowest BCUT2D eigenvalue weighted by Crippen LogP contribution is -2.19. The number of hydrogen-bond donors (Lipinski definition) is 1. The Bertz CT molecular complexity index is 305. The highest BCUT2D eigenvalue weighted by molar-refractivity contribution is 5.26. The number of nitrogens with one attached hydrogen (secondary N) is 1. The zero-order valence-corrected chi connectivity index (χ0v) is 10.3. The van der Waals surface area contributed by atoms with Gasteiger partial charge < -0.3 is 14.6 Å². The van der Waals surface area contributed by atoms with Crippen LogP contribution < -0.4 is 5.32 Å². The maximum absolute atomic E-state index is 5.26. The monoisotopic (exact) mass is 210 g/mol. The number of hydrogen-bond acceptors (Lipinski definition) is 2. The normalized spacial score (nSPS) is 10.9. The Hall–Kier alpha value is -0.800. The third-order valence-corrected chi connectivity index (χ3v) is 2.82. The maximum Gasteiger partial charge on any atom is 0.0590 e. The molecule has 0 saturated heterocycles. The number of aryl methyl sites for hydroxylation is 1. The van der Waals surface area contributed by atoms with Gasteiger partial charge in [0.2, 0.25) is 0 Å². The van der Waals surface area contributed by atoms with Crippen molar-refractivity contribution in [2.75, 3.05) is 19.8 Å². The highest BCUT2D eigenvalue weighted by Gasteiger charge is 2.04. The summed E-state index contributed by atoms with van der Waals surface area (Å²) in [5.41, 5.74) is 4.04. The van der Waals surface area contributed by atoms with Gasteiger partial charge in [0.15, 0.2) is 0 Å². The SMILES string of the molecule is CCOCCNCc1cc(C)n(C)c1C. The minimum atomic E-state index is 0.793. The van der Waals surface area contributed by atoms with E-state index in [0.717, 1.165) is 26.3 Å². The molecule has 0 atom stereocenters. The summed E-state index contributed by atoms with van der Waals surface area (Å²) in [5, 5.41) is 3.38. The van der Waals surface area contributed by atoms with Crippen LogP contribution in [0, 0.1) is 13.8 Å². The van der Waals surface area contributed by atoms with Gasteiger partial charge >= 0.3 is 0 Å². The fourth-order valence-corrected chi connectivity index (χ4v) is 1.62. The first-order valence-electron chi connectivity index (χ1n) is 5.57. The summed E-state index contributed by atoms with van der Waals surface area (Å²) in [5.74, 6) is 0. The third-order valence-electron chi connectivity index (χ3n) is 2.82. The Balaban J connectivity index is 2.34. The van der Waals surface area contributed by atoms with Crippen molar-refractivity contribution in [2.45, 2.75) is 27.3 Å². The van der Waals surface area contributed by atoms with Crippen molar-refractivity contribution in [3.8, 4) is 0 Å². The molecule has 0 aromatic carbocycles. The van der Waals surface area contributed by atoms with Gasteiger partial charge in [0.25, 0.3) is 0 Å². The molecule has 1 aromatic heterocycles. The molecular weight excluding hydrogens is 188 g/mol. The van der Waals surface area contributed by atoms with Crippen LogP contribution in [0.5, 0.6) is 0 Å². The predicted molar refractivity (Wildman–Crippen MR) is 63.1 cm³/mol. The Labute approximate surface area is 92.4 Å². The molecule has 0 amide bonds. The first-order valence-corrected chi connectivity index (χ1v) is 5.57. The van der Waals surface area contributed by atoms with E-state index < -0.39 is 0 Å². The van der Waals surface area contributed by atoms with Gasteiger partial charge in [-0.05, 0) is 32.4 Å². The van der Waals surface area contributed by atoms with Gasteiger partial charge in [-0.3, -0.25) is 0 Å². The van der Waals surface area contributed by atoms with E-state index in [1.807, 2.05) is 6.92 Å². The van der Waals surface area contributed by atoms with Gasteiger partial charge in [-0.1, -0.05) is 0 Å². The van der Waals surface area contributed by atoms with Crippen LogP contribution in [0.25, 0.3) is 0 Å². The largest absolute Gasteiger partial charge is 0.380 e. The lowest BCUT2D eigenvalue weighted by molar-refractivity contribution is 0.149. The molecule has 0 bridgehead atoms. The molecule has 0 radical (unpaired) electrons. The van der Waals surface area contributed by atoms with Crippen molar-refractivity contribution in [3.05, 3.63) is 23.0 Å². The molecule has 1 N–H and O–H groups in total. The molecule has 0 aliphatic heterocycles. The smallest absolute Gasteiger partial charge is 0.0590 e. The lowest BCUT2D eigenvalue weighted by Gasteiger charge is -2.05. The van der Waals surface area contributed by atoms with Gasteiger partial charge in [-0.25, -0.2) is 0 Å². The minimum absolute atomic E-state index is 0.793. The molecule has 0 fully saturated rings. The fourth-order valence-electron chi connectivity index (χ4n) is 1.62. The molecule has 15 heavy (non-hydrogen) atoms. The number of nitrogens with zero attached hydrogens (tertiary/aromatic N) is 1. The van der Waals surface area contributed by atoms with Gasteiger partial charge in [0, 0.05) is 38.1 Å². The van der Waals surface area contributed by atoms with Crippen molar-refractivity contribution in [1.82, 2.24) is 9.88 Å². The van der Waals surface area contributed by atoms with Crippen LogP contribution in [0.3, 0.4) is 0 Å². The molecule has 0 unspecified atom stereocenters. The van der Waals surface area contributed by atoms with Crippen LogP contribution in [0.2, 0.25) is 0 Å². The van der Waals surface area contributed by atoms with Crippen LogP contribution in [-0.4, -0.2) is 24.3 Å². The van der Waals surface area contributed by atoms with E-state index in [2.05, 4.69) is 36.8 Å². The molecule has 1 aromatic rings. The van der Waals surface area contributed by atoms with Gasteiger partial charge in [0.05, 0.1) is 6.61 Å². The molecule has 1 heterocycles. The fraction of sp³-hybridized carbons (Fsp3) is 0.667. The second-order valence-electron chi connectivity index (χ2n) is 3.83. The molecule has 0 aliphatic rings. The summed E-state index contributed by atoms with van der Waals surface area (Å²) in [6.45, 7) is 9.75. The Morgan fingerprint density at radius 1 is 1.40 bits per heavy atom. The number of rotatable bonds is 6. The first kappa shape index (κ1) is 12.3. The van der Waals surface area contributed by atoms with Crippen LogP contribution in [0.15, 0.2) is 6.07 Å². The van der Waals surface area contributed by atoms with Crippen LogP contribution >= 0.6 is 0 Å². The molecule has 0 saturated carbocycles. The Morgan fingerprint density at radius 2 is 2.13 bits per heavy atom. The van der Waals surface area contributed by atoms with E-state index in [4.69, 9.17) is 4.74 Å². The summed E-state index contributed by atoms with van der Waals surface area (Å²) >= 11 is 0. The maximum atomic E-state index is 5.26. The van der Waals surface area contributed by atoms with Crippen molar-refractivity contribution in [3.63, 3.8) is 0 Å². The topological polar surface area (TPSA) is 26.2 Å². The molecule has 86 valence electrons. The molecule has 3 heteroatoms. The summed E-state index contributed by atoms with van der Waals surface area (Å²) in [6, 6.07) is 2.24. The summed E-state index contributed by atoms with van der Waals surface area (Å²) < 4.78 is 7.48. The number of aromatic nitrogens is 1. The van der Waals surface area contributed by atoms with Gasteiger partial charge in [0.1, 0.15) is 0 Å². The number of ether oxygens (including phenoxy) is 1. The van der Waals surface area contributed by atoms with Gasteiger partial charge in [-0.2, -0.15) is 0 Å². The lowest BCUT2D eigenvalue weighted by atomic mass is 10.2. The molecule has 3 nitrogen and oxygen atoms in total. The summed E-state index contributed by atoms with van der Waals surface area (Å²) in [7, 11) is 2.11. The zero-order valence-electron chi connectivity index (χ0n) is 10.3. The second kappa shape index (κ2) is 5.93. The third kappa shape index (κ3) is 3.36. The average molecular weight is 210 g/mol. The van der Waals surface area contributed by atoms with E-state index in [1.54, 1.807) is 0 Å². The van der Waals surface area contributed by atoms with Crippen molar-refractivity contribution < 1.29 is 4.74 Å². The summed E-state index contributed by atoms with van der Waals surface area (Å²) in [6.07, 6.45) is 0. The molecule has 0 aliphatic carbocycles. The Kier molecular flexibility index (Phi) is 4.85. The van der Waals surface area contributed by atoms with E-state index in [0.29, 0.717) is 0 Å². The van der Waals surface area contributed by atoms with Gasteiger partial charge in [-0.15, -0.1) is 0 Å². The minimum Gasteiger partial charge on any atom is -0.380 e. The van der Waals surface area contributed by atoms with Crippen LogP contribution in [0.1, 0.15) is 23.9 Å². The molecule has 1 rings (SSSR count). The van der Waals surface area contributed by atoms with Crippen LogP contribution in [-0.2, 0) is 18.3 Å². The van der Waals surface area contributed by atoms with E-state index in [-0.39, 0.29) is 0 Å². The quantitative estimate of drug-likeness (QED) is 0.724. The predicted octanol–water partition coefficient (Wildman–Crippen LogP) is 1.77. The van der Waals surface area contributed by atoms with Crippen LogP contribution in [0.4, 0.5) is 0 Å². The van der Waals surface area contributed by atoms with E-state index in [9.17, 15) is 0 Å². The highest BCUT2D eigenvalue weighted by atomic mass is 16.5. The van der Waals surface area contributed by atoms with Crippen molar-refractivity contribution in [1.29, 1.82) is 0 Å². The van der Waals surface area contributed by atoms with Crippen molar-refractivity contribution >= 4 is 0 Å². The highest BCUT2D eigenvalue weighted by Crippen LogP contribution is 2.12. The molecular formula is C12H22N2O. The average Bonchev–Trinajstić information content (AvgIpc) is 2.46. The molecule has 0 spiro atoms. The zero-order chi connectivity index (χ0) is 11.3.